The van der Waals surface area contributed by atoms with Crippen molar-refractivity contribution in [3.05, 3.63) is 34.2 Å². The number of benzene rings is 1. The molecule has 0 spiro atoms. The summed E-state index contributed by atoms with van der Waals surface area (Å²) in [6.45, 7) is 7.34. The lowest BCUT2D eigenvalue weighted by molar-refractivity contribution is -0.121. The van der Waals surface area contributed by atoms with Gasteiger partial charge in [-0.2, -0.15) is 0 Å². The number of hydrogen-bond acceptors (Lipinski definition) is 6. The number of nitrogens with two attached hydrogens (primary N) is 1. The molecule has 1 amide bonds. The second-order valence-electron chi connectivity index (χ2n) is 9.43. The fraction of sp³-hybridized carbons (Fsp3) is 0.640. The Labute approximate surface area is 201 Å². The van der Waals surface area contributed by atoms with Gasteiger partial charge in [-0.25, -0.2) is 4.79 Å². The minimum atomic E-state index is -0.693. The average Bonchev–Trinajstić information content (AvgIpc) is 3.07. The first kappa shape index (κ1) is 27.8. The van der Waals surface area contributed by atoms with E-state index in [2.05, 4.69) is 19.2 Å². The third-order valence-corrected chi connectivity index (χ3v) is 5.83. The molecule has 1 atom stereocenters. The van der Waals surface area contributed by atoms with Crippen LogP contribution in [0, 0.1) is 5.41 Å². The van der Waals surface area contributed by atoms with Crippen molar-refractivity contribution in [2.24, 2.45) is 18.2 Å². The molecule has 1 aromatic heterocycles. The van der Waals surface area contributed by atoms with Crippen LogP contribution in [0.5, 0.6) is 0 Å². The lowest BCUT2D eigenvalue weighted by Crippen LogP contribution is -2.28. The average molecular weight is 477 g/mol. The molecule has 9 heteroatoms. The number of hydrogen-bond donors (Lipinski definition) is 2. The highest BCUT2D eigenvalue weighted by Crippen LogP contribution is 2.23. The fourth-order valence-electron chi connectivity index (χ4n) is 3.99. The standard InChI is InChI=1S/C25H40N4O5/c1-25(2,18-34-15-7-13-26)17-33-14-6-9-19-8-5-10-21-23(19)28(4)24(32)29(21)20(16-30)11-12-22(31)27-3/h5,8,10,16,20H,6-7,9,11-15,17-18,26H2,1-4H3,(H,27,31). The zero-order valence-electron chi connectivity index (χ0n) is 21.0. The van der Waals surface area contributed by atoms with Crippen LogP contribution in [-0.2, 0) is 32.5 Å². The minimum Gasteiger partial charge on any atom is -0.381 e. The van der Waals surface area contributed by atoms with Crippen molar-refractivity contribution in [3.8, 4) is 0 Å². The molecule has 0 saturated carbocycles. The quantitative estimate of drug-likeness (QED) is 0.282. The van der Waals surface area contributed by atoms with Crippen LogP contribution >= 0.6 is 0 Å². The van der Waals surface area contributed by atoms with E-state index in [0.29, 0.717) is 38.5 Å². The van der Waals surface area contributed by atoms with E-state index < -0.39 is 6.04 Å². The van der Waals surface area contributed by atoms with Crippen molar-refractivity contribution in [2.75, 3.05) is 40.0 Å². The molecular weight excluding hydrogens is 436 g/mol. The molecule has 1 aromatic carbocycles. The molecule has 3 N–H and O–H groups in total. The van der Waals surface area contributed by atoms with E-state index in [4.69, 9.17) is 15.2 Å². The van der Waals surface area contributed by atoms with Gasteiger partial charge in [0.2, 0.25) is 5.91 Å². The Balaban J connectivity index is 2.03. The van der Waals surface area contributed by atoms with Gasteiger partial charge in [-0.1, -0.05) is 26.0 Å². The summed E-state index contributed by atoms with van der Waals surface area (Å²) >= 11 is 0. The number of para-hydroxylation sites is 1. The predicted molar refractivity (Wildman–Crippen MR) is 133 cm³/mol. The number of amides is 1. The molecule has 1 heterocycles. The zero-order chi connectivity index (χ0) is 25.1. The predicted octanol–water partition coefficient (Wildman–Crippen LogP) is 1.95. The summed E-state index contributed by atoms with van der Waals surface area (Å²) in [5, 5.41) is 2.55. The molecule has 0 saturated heterocycles. The summed E-state index contributed by atoms with van der Waals surface area (Å²) in [6.07, 6.45) is 3.59. The second-order valence-corrected chi connectivity index (χ2v) is 9.43. The number of nitrogens with one attached hydrogen (secondary N) is 1. The van der Waals surface area contributed by atoms with E-state index in [9.17, 15) is 14.4 Å². The van der Waals surface area contributed by atoms with E-state index in [0.717, 1.165) is 36.6 Å². The van der Waals surface area contributed by atoms with Crippen LogP contribution in [0.1, 0.15) is 51.1 Å². The first-order valence-electron chi connectivity index (χ1n) is 12.0. The first-order valence-corrected chi connectivity index (χ1v) is 12.0. The number of aldehydes is 1. The van der Waals surface area contributed by atoms with Crippen molar-refractivity contribution < 1.29 is 19.1 Å². The van der Waals surface area contributed by atoms with Gasteiger partial charge in [-0.3, -0.25) is 13.9 Å². The Morgan fingerprint density at radius 2 is 1.88 bits per heavy atom. The molecule has 0 bridgehead atoms. The van der Waals surface area contributed by atoms with Gasteiger partial charge in [-0.05, 0) is 43.9 Å². The zero-order valence-corrected chi connectivity index (χ0v) is 21.0. The number of aryl methyl sites for hydroxylation is 2. The molecule has 2 aromatic rings. The van der Waals surface area contributed by atoms with E-state index in [1.54, 1.807) is 18.7 Å². The molecule has 0 aliphatic heterocycles. The molecule has 190 valence electrons. The Morgan fingerprint density at radius 3 is 2.50 bits per heavy atom. The van der Waals surface area contributed by atoms with Crippen molar-refractivity contribution in [3.63, 3.8) is 0 Å². The normalized spacial score (nSPS) is 12.7. The number of ether oxygens (including phenoxy) is 2. The second kappa shape index (κ2) is 13.4. The Hall–Kier alpha value is -2.49. The number of carbonyl (C=O) groups is 2. The summed E-state index contributed by atoms with van der Waals surface area (Å²) in [4.78, 5) is 36.4. The molecule has 34 heavy (non-hydrogen) atoms. The third kappa shape index (κ3) is 7.51. The van der Waals surface area contributed by atoms with E-state index >= 15 is 0 Å². The number of aromatic nitrogens is 2. The van der Waals surface area contributed by atoms with Crippen molar-refractivity contribution >= 4 is 23.2 Å². The molecule has 2 rings (SSSR count). The van der Waals surface area contributed by atoms with Gasteiger partial charge in [-0.15, -0.1) is 0 Å². The van der Waals surface area contributed by atoms with Crippen LogP contribution in [0.2, 0.25) is 0 Å². The van der Waals surface area contributed by atoms with Gasteiger partial charge < -0.3 is 25.3 Å². The minimum absolute atomic E-state index is 0.0751. The summed E-state index contributed by atoms with van der Waals surface area (Å²) < 4.78 is 14.7. The van der Waals surface area contributed by atoms with Gasteiger partial charge in [0.15, 0.2) is 0 Å². The van der Waals surface area contributed by atoms with Crippen LogP contribution in [0.15, 0.2) is 23.0 Å². The van der Waals surface area contributed by atoms with Crippen LogP contribution < -0.4 is 16.7 Å². The summed E-state index contributed by atoms with van der Waals surface area (Å²) in [6, 6.07) is 5.06. The maximum Gasteiger partial charge on any atom is 0.329 e. The number of fused-ring (bicyclic) bond motifs is 1. The third-order valence-electron chi connectivity index (χ3n) is 5.83. The smallest absolute Gasteiger partial charge is 0.329 e. The maximum atomic E-state index is 13.0. The number of nitrogens with zero attached hydrogens (tertiary/aromatic N) is 2. The van der Waals surface area contributed by atoms with E-state index in [-0.39, 0.29) is 29.9 Å². The van der Waals surface area contributed by atoms with Gasteiger partial charge in [0.1, 0.15) is 6.29 Å². The number of imidazole rings is 1. The highest BCUT2D eigenvalue weighted by atomic mass is 16.5. The monoisotopic (exact) mass is 476 g/mol. The Bertz CT molecular complexity index is 995. The molecule has 0 aliphatic rings. The highest BCUT2D eigenvalue weighted by molar-refractivity contribution is 5.81. The van der Waals surface area contributed by atoms with Crippen molar-refractivity contribution in [2.45, 2.75) is 52.0 Å². The summed E-state index contributed by atoms with van der Waals surface area (Å²) in [5.41, 5.74) is 7.70. The van der Waals surface area contributed by atoms with Crippen LogP contribution in [0.4, 0.5) is 0 Å². The maximum absolute atomic E-state index is 13.0. The van der Waals surface area contributed by atoms with Crippen LogP contribution in [0.25, 0.3) is 11.0 Å². The summed E-state index contributed by atoms with van der Waals surface area (Å²) in [5.74, 6) is -0.161. The molecule has 1 unspecified atom stereocenters. The molecular formula is C25H40N4O5. The van der Waals surface area contributed by atoms with Crippen molar-refractivity contribution in [1.82, 2.24) is 14.5 Å². The number of carbonyl (C=O) groups excluding carboxylic acids is 2. The van der Waals surface area contributed by atoms with Crippen molar-refractivity contribution in [1.29, 1.82) is 0 Å². The van der Waals surface area contributed by atoms with E-state index in [1.807, 2.05) is 18.2 Å². The fourth-order valence-corrected chi connectivity index (χ4v) is 3.99. The molecule has 0 fully saturated rings. The highest BCUT2D eigenvalue weighted by Gasteiger charge is 2.21. The van der Waals surface area contributed by atoms with Gasteiger partial charge in [0.05, 0.1) is 30.3 Å². The molecule has 9 nitrogen and oxygen atoms in total. The largest absolute Gasteiger partial charge is 0.381 e. The van der Waals surface area contributed by atoms with Gasteiger partial charge in [0, 0.05) is 39.1 Å². The SMILES string of the molecule is CNC(=O)CCC(C=O)n1c(=O)n(C)c2c(CCCOCC(C)(C)COCCCN)cccc21. The van der Waals surface area contributed by atoms with Gasteiger partial charge >= 0.3 is 5.69 Å². The number of rotatable bonds is 16. The molecule has 0 aliphatic carbocycles. The Kier molecular flexibility index (Phi) is 10.9. The lowest BCUT2D eigenvalue weighted by atomic mass is 9.96. The topological polar surface area (TPSA) is 118 Å². The van der Waals surface area contributed by atoms with E-state index in [1.165, 1.54) is 4.57 Å². The summed E-state index contributed by atoms with van der Waals surface area (Å²) in [7, 11) is 3.27. The van der Waals surface area contributed by atoms with Gasteiger partial charge in [0.25, 0.3) is 0 Å². The Morgan fingerprint density at radius 1 is 1.21 bits per heavy atom. The van der Waals surface area contributed by atoms with Crippen LogP contribution in [-0.4, -0.2) is 61.3 Å². The molecule has 0 radical (unpaired) electrons. The lowest BCUT2D eigenvalue weighted by Gasteiger charge is -2.24. The first-order chi connectivity index (χ1) is 16.3. The van der Waals surface area contributed by atoms with Crippen LogP contribution in [0.3, 0.4) is 0 Å².